The predicted octanol–water partition coefficient (Wildman–Crippen LogP) is 3.75. The minimum Gasteiger partial charge on any atom is -0.384 e. The summed E-state index contributed by atoms with van der Waals surface area (Å²) >= 11 is 3.45. The largest absolute Gasteiger partial charge is 0.384 e. The van der Waals surface area contributed by atoms with Crippen LogP contribution in [0.1, 0.15) is 26.2 Å². The SMILES string of the molecule is CCCOC1CCCN(CCNc2ccc(Br)cc2)C1. The first-order chi connectivity index (χ1) is 9.78. The normalized spacial score (nSPS) is 20.0. The number of halogens is 1. The molecule has 3 nitrogen and oxygen atoms in total. The van der Waals surface area contributed by atoms with Crippen molar-refractivity contribution in [2.24, 2.45) is 0 Å². The van der Waals surface area contributed by atoms with Crippen molar-refractivity contribution in [2.75, 3.05) is 38.1 Å². The Hall–Kier alpha value is -0.580. The molecule has 0 saturated carbocycles. The number of ether oxygens (including phenoxy) is 1. The molecule has 1 saturated heterocycles. The van der Waals surface area contributed by atoms with Gasteiger partial charge in [0.25, 0.3) is 0 Å². The summed E-state index contributed by atoms with van der Waals surface area (Å²) < 4.78 is 6.99. The summed E-state index contributed by atoms with van der Waals surface area (Å²) in [6.07, 6.45) is 4.03. The summed E-state index contributed by atoms with van der Waals surface area (Å²) in [5.74, 6) is 0. The summed E-state index contributed by atoms with van der Waals surface area (Å²) in [5.41, 5.74) is 1.18. The van der Waals surface area contributed by atoms with Crippen molar-refractivity contribution in [1.29, 1.82) is 0 Å². The highest BCUT2D eigenvalue weighted by Crippen LogP contribution is 2.15. The lowest BCUT2D eigenvalue weighted by Gasteiger charge is -2.32. The zero-order valence-corrected chi connectivity index (χ0v) is 13.9. The number of rotatable bonds is 7. The number of piperidine rings is 1. The Morgan fingerprint density at radius 1 is 1.35 bits per heavy atom. The Bertz CT molecular complexity index is 383. The molecule has 4 heteroatoms. The third-order valence-corrected chi connectivity index (χ3v) is 4.15. The Balaban J connectivity index is 1.67. The average molecular weight is 341 g/mol. The first kappa shape index (κ1) is 15.8. The average Bonchev–Trinajstić information content (AvgIpc) is 2.48. The molecule has 0 radical (unpaired) electrons. The number of hydrogen-bond donors (Lipinski definition) is 1. The molecule has 1 aliphatic heterocycles. The van der Waals surface area contributed by atoms with Crippen LogP contribution in [-0.4, -0.2) is 43.8 Å². The number of hydrogen-bond acceptors (Lipinski definition) is 3. The number of anilines is 1. The van der Waals surface area contributed by atoms with Crippen LogP contribution >= 0.6 is 15.9 Å². The van der Waals surface area contributed by atoms with Gasteiger partial charge in [0.1, 0.15) is 0 Å². The van der Waals surface area contributed by atoms with E-state index in [4.69, 9.17) is 4.74 Å². The van der Waals surface area contributed by atoms with Crippen LogP contribution in [0, 0.1) is 0 Å². The fraction of sp³-hybridized carbons (Fsp3) is 0.625. The maximum Gasteiger partial charge on any atom is 0.0702 e. The van der Waals surface area contributed by atoms with Crippen molar-refractivity contribution in [2.45, 2.75) is 32.3 Å². The van der Waals surface area contributed by atoms with Crippen LogP contribution in [0.4, 0.5) is 5.69 Å². The second-order valence-corrected chi connectivity index (χ2v) is 6.28. The van der Waals surface area contributed by atoms with Gasteiger partial charge in [0.05, 0.1) is 6.10 Å². The molecule has 2 rings (SSSR count). The van der Waals surface area contributed by atoms with E-state index in [2.05, 4.69) is 57.3 Å². The summed E-state index contributed by atoms with van der Waals surface area (Å²) in [6, 6.07) is 8.34. The molecule has 1 fully saturated rings. The minimum absolute atomic E-state index is 0.441. The molecule has 1 aromatic rings. The van der Waals surface area contributed by atoms with Gasteiger partial charge in [-0.25, -0.2) is 0 Å². The lowest BCUT2D eigenvalue weighted by Crippen LogP contribution is -2.41. The van der Waals surface area contributed by atoms with Crippen LogP contribution in [0.25, 0.3) is 0 Å². The van der Waals surface area contributed by atoms with E-state index in [1.807, 2.05) is 0 Å². The van der Waals surface area contributed by atoms with Crippen molar-refractivity contribution in [3.63, 3.8) is 0 Å². The Labute approximate surface area is 130 Å². The van der Waals surface area contributed by atoms with Gasteiger partial charge in [-0.2, -0.15) is 0 Å². The monoisotopic (exact) mass is 340 g/mol. The molecular formula is C16H25BrN2O. The quantitative estimate of drug-likeness (QED) is 0.817. The van der Waals surface area contributed by atoms with Gasteiger partial charge in [-0.3, -0.25) is 4.90 Å². The first-order valence-electron chi connectivity index (χ1n) is 7.61. The molecule has 0 amide bonds. The van der Waals surface area contributed by atoms with Gasteiger partial charge >= 0.3 is 0 Å². The van der Waals surface area contributed by atoms with Gasteiger partial charge in [-0.05, 0) is 50.1 Å². The smallest absolute Gasteiger partial charge is 0.0702 e. The van der Waals surface area contributed by atoms with Gasteiger partial charge in [0, 0.05) is 36.4 Å². The van der Waals surface area contributed by atoms with E-state index in [0.29, 0.717) is 6.10 Å². The molecule has 0 spiro atoms. The number of nitrogens with zero attached hydrogens (tertiary/aromatic N) is 1. The van der Waals surface area contributed by atoms with Gasteiger partial charge in [0.15, 0.2) is 0 Å². The van der Waals surface area contributed by atoms with Crippen molar-refractivity contribution in [3.05, 3.63) is 28.7 Å². The van der Waals surface area contributed by atoms with Gasteiger partial charge in [0.2, 0.25) is 0 Å². The third kappa shape index (κ3) is 5.43. The van der Waals surface area contributed by atoms with E-state index in [9.17, 15) is 0 Å². The fourth-order valence-electron chi connectivity index (χ4n) is 2.56. The summed E-state index contributed by atoms with van der Waals surface area (Å²) in [5, 5.41) is 3.47. The molecule has 20 heavy (non-hydrogen) atoms. The van der Waals surface area contributed by atoms with Crippen molar-refractivity contribution in [3.8, 4) is 0 Å². The summed E-state index contributed by atoms with van der Waals surface area (Å²) in [6.45, 7) is 7.43. The predicted molar refractivity (Wildman–Crippen MR) is 88.3 cm³/mol. The maximum absolute atomic E-state index is 5.87. The number of nitrogens with one attached hydrogen (secondary N) is 1. The zero-order chi connectivity index (χ0) is 14.2. The van der Waals surface area contributed by atoms with Gasteiger partial charge < -0.3 is 10.1 Å². The second-order valence-electron chi connectivity index (χ2n) is 5.37. The van der Waals surface area contributed by atoms with Crippen molar-refractivity contribution >= 4 is 21.6 Å². The Kier molecular flexibility index (Phi) is 6.83. The van der Waals surface area contributed by atoms with Gasteiger partial charge in [-0.15, -0.1) is 0 Å². The molecule has 0 aromatic heterocycles. The van der Waals surface area contributed by atoms with E-state index in [1.54, 1.807) is 0 Å². The van der Waals surface area contributed by atoms with Crippen LogP contribution in [0.15, 0.2) is 28.7 Å². The van der Waals surface area contributed by atoms with E-state index < -0.39 is 0 Å². The lowest BCUT2D eigenvalue weighted by molar-refractivity contribution is 0.00110. The van der Waals surface area contributed by atoms with Crippen molar-refractivity contribution < 1.29 is 4.74 Å². The molecule has 0 aliphatic carbocycles. The molecule has 112 valence electrons. The topological polar surface area (TPSA) is 24.5 Å². The highest BCUT2D eigenvalue weighted by atomic mass is 79.9. The van der Waals surface area contributed by atoms with E-state index in [0.717, 1.165) is 37.1 Å². The molecular weight excluding hydrogens is 316 g/mol. The van der Waals surface area contributed by atoms with Gasteiger partial charge in [-0.1, -0.05) is 22.9 Å². The van der Waals surface area contributed by atoms with E-state index >= 15 is 0 Å². The summed E-state index contributed by atoms with van der Waals surface area (Å²) in [4.78, 5) is 2.51. The van der Waals surface area contributed by atoms with Crippen LogP contribution < -0.4 is 5.32 Å². The molecule has 1 unspecified atom stereocenters. The summed E-state index contributed by atoms with van der Waals surface area (Å²) in [7, 11) is 0. The van der Waals surface area contributed by atoms with Crippen molar-refractivity contribution in [1.82, 2.24) is 4.90 Å². The highest BCUT2D eigenvalue weighted by Gasteiger charge is 2.19. The standard InChI is InChI=1S/C16H25BrN2O/c1-2-12-20-16-4-3-10-19(13-16)11-9-18-15-7-5-14(17)6-8-15/h5-8,16,18H,2-4,9-13H2,1H3. The minimum atomic E-state index is 0.441. The Morgan fingerprint density at radius 3 is 2.90 bits per heavy atom. The zero-order valence-electron chi connectivity index (χ0n) is 12.3. The fourth-order valence-corrected chi connectivity index (χ4v) is 2.83. The molecule has 1 aromatic carbocycles. The van der Waals surface area contributed by atoms with Crippen LogP contribution in [0.2, 0.25) is 0 Å². The number of likely N-dealkylation sites (tertiary alicyclic amines) is 1. The maximum atomic E-state index is 5.87. The van der Waals surface area contributed by atoms with Crippen LogP contribution in [0.3, 0.4) is 0 Å². The number of benzene rings is 1. The second kappa shape index (κ2) is 8.65. The lowest BCUT2D eigenvalue weighted by atomic mass is 10.1. The van der Waals surface area contributed by atoms with E-state index in [-0.39, 0.29) is 0 Å². The Morgan fingerprint density at radius 2 is 2.15 bits per heavy atom. The molecule has 1 atom stereocenters. The molecule has 1 aliphatic rings. The molecule has 0 bridgehead atoms. The molecule has 1 N–H and O–H groups in total. The van der Waals surface area contributed by atoms with Crippen LogP contribution in [0.5, 0.6) is 0 Å². The highest BCUT2D eigenvalue weighted by molar-refractivity contribution is 9.10. The first-order valence-corrected chi connectivity index (χ1v) is 8.40. The molecule has 1 heterocycles. The van der Waals surface area contributed by atoms with Crippen LogP contribution in [-0.2, 0) is 4.74 Å². The third-order valence-electron chi connectivity index (χ3n) is 3.62. The van der Waals surface area contributed by atoms with E-state index in [1.165, 1.54) is 25.1 Å².